The van der Waals surface area contributed by atoms with Crippen molar-refractivity contribution >= 4 is 40.7 Å². The molecule has 0 bridgehead atoms. The zero-order valence-corrected chi connectivity index (χ0v) is 15.3. The van der Waals surface area contributed by atoms with Gasteiger partial charge in [-0.3, -0.25) is 0 Å². The lowest BCUT2D eigenvalue weighted by atomic mass is 9.55. The van der Waals surface area contributed by atoms with Crippen LogP contribution in [0.2, 0.25) is 10.0 Å². The van der Waals surface area contributed by atoms with Gasteiger partial charge < -0.3 is 5.41 Å². The third-order valence-electron chi connectivity index (χ3n) is 4.88. The van der Waals surface area contributed by atoms with E-state index >= 15 is 0 Å². The van der Waals surface area contributed by atoms with Crippen molar-refractivity contribution in [1.82, 2.24) is 0 Å². The molecule has 1 saturated carbocycles. The summed E-state index contributed by atoms with van der Waals surface area (Å²) in [5.41, 5.74) is -0.519. The predicted molar refractivity (Wildman–Crippen MR) is 98.6 cm³/mol. The van der Waals surface area contributed by atoms with Crippen LogP contribution in [-0.4, -0.2) is 17.2 Å². The average Bonchev–Trinajstić information content (AvgIpc) is 2.64. The standard InChI is InChI=1S/C18H12Cl2N4S/c19-14-3-1-2-11(16(14)20)15-13-7-25-5-4-10(13)12(6-21)17(24)18(15,8-22)9-23/h1-4,12-13,15,24H,5,7H2/t12-,13+,15+/m0/s1. The fourth-order valence-corrected chi connectivity index (χ4v) is 5.23. The maximum absolute atomic E-state index is 9.88. The first-order valence-corrected chi connectivity index (χ1v) is 9.45. The summed E-state index contributed by atoms with van der Waals surface area (Å²) in [4.78, 5) is 0. The number of allylic oxidation sites excluding steroid dienone is 1. The highest BCUT2D eigenvalue weighted by Crippen LogP contribution is 2.55. The van der Waals surface area contributed by atoms with E-state index in [4.69, 9.17) is 28.6 Å². The van der Waals surface area contributed by atoms with Gasteiger partial charge in [-0.15, -0.1) is 0 Å². The van der Waals surface area contributed by atoms with E-state index in [0.717, 1.165) is 11.3 Å². The Bertz CT molecular complexity index is 889. The van der Waals surface area contributed by atoms with Crippen molar-refractivity contribution in [2.75, 3.05) is 11.5 Å². The first-order chi connectivity index (χ1) is 12.0. The summed E-state index contributed by atoms with van der Waals surface area (Å²) >= 11 is 14.2. The van der Waals surface area contributed by atoms with E-state index in [-0.39, 0.29) is 11.6 Å². The van der Waals surface area contributed by atoms with E-state index in [0.29, 0.717) is 21.4 Å². The highest BCUT2D eigenvalue weighted by Gasteiger charge is 2.57. The minimum atomic E-state index is -1.74. The van der Waals surface area contributed by atoms with Crippen LogP contribution < -0.4 is 0 Å². The van der Waals surface area contributed by atoms with Gasteiger partial charge in [0.1, 0.15) is 5.92 Å². The number of benzene rings is 1. The van der Waals surface area contributed by atoms with Gasteiger partial charge in [0.2, 0.25) is 0 Å². The van der Waals surface area contributed by atoms with Crippen LogP contribution in [0, 0.1) is 56.7 Å². The van der Waals surface area contributed by atoms with E-state index in [1.165, 1.54) is 0 Å². The second-order valence-corrected chi connectivity index (χ2v) is 7.84. The Kier molecular flexibility index (Phi) is 4.81. The van der Waals surface area contributed by atoms with Gasteiger partial charge in [0.05, 0.1) is 34.0 Å². The van der Waals surface area contributed by atoms with Crippen molar-refractivity contribution in [3.63, 3.8) is 0 Å². The average molecular weight is 387 g/mol. The molecular weight excluding hydrogens is 375 g/mol. The SMILES string of the molecule is N#C[C@@H]1C(=N)C(C#N)(C#N)[C@H](c2cccc(Cl)c2Cl)[C@@H]2CSCC=C12. The summed E-state index contributed by atoms with van der Waals surface area (Å²) < 4.78 is 0. The van der Waals surface area contributed by atoms with Crippen LogP contribution in [0.1, 0.15) is 11.5 Å². The van der Waals surface area contributed by atoms with Crippen molar-refractivity contribution in [2.24, 2.45) is 17.3 Å². The van der Waals surface area contributed by atoms with Crippen LogP contribution in [0.15, 0.2) is 29.8 Å². The number of thioether (sulfide) groups is 1. The molecule has 1 aromatic carbocycles. The molecule has 0 spiro atoms. The lowest BCUT2D eigenvalue weighted by Gasteiger charge is -2.45. The summed E-state index contributed by atoms with van der Waals surface area (Å²) in [5.74, 6) is -0.285. The molecule has 0 saturated heterocycles. The lowest BCUT2D eigenvalue weighted by Crippen LogP contribution is -2.49. The van der Waals surface area contributed by atoms with Crippen molar-refractivity contribution in [3.05, 3.63) is 45.5 Å². The first-order valence-electron chi connectivity index (χ1n) is 7.54. The van der Waals surface area contributed by atoms with Gasteiger partial charge in [-0.25, -0.2) is 0 Å². The second kappa shape index (κ2) is 6.74. The summed E-state index contributed by atoms with van der Waals surface area (Å²) in [5, 5.41) is 38.5. The largest absolute Gasteiger partial charge is 0.305 e. The summed E-state index contributed by atoms with van der Waals surface area (Å²) in [6, 6.07) is 11.3. The predicted octanol–water partition coefficient (Wildman–Crippen LogP) is 4.57. The van der Waals surface area contributed by atoms with Gasteiger partial charge >= 0.3 is 0 Å². The molecule has 0 aromatic heterocycles. The molecule has 1 heterocycles. The molecule has 3 rings (SSSR count). The fraction of sp³-hybridized carbons (Fsp3) is 0.333. The number of hydrogen-bond acceptors (Lipinski definition) is 5. The monoisotopic (exact) mass is 386 g/mol. The Balaban J connectivity index is 2.32. The van der Waals surface area contributed by atoms with Crippen LogP contribution in [-0.2, 0) is 0 Å². The van der Waals surface area contributed by atoms with Gasteiger partial charge in [0.25, 0.3) is 0 Å². The van der Waals surface area contributed by atoms with Crippen LogP contribution >= 0.6 is 35.0 Å². The Morgan fingerprint density at radius 1 is 1.20 bits per heavy atom. The Morgan fingerprint density at radius 3 is 2.56 bits per heavy atom. The number of nitrogens with zero attached hydrogens (tertiary/aromatic N) is 3. The molecule has 0 amide bonds. The molecule has 124 valence electrons. The number of halogens is 2. The van der Waals surface area contributed by atoms with Crippen molar-refractivity contribution in [1.29, 1.82) is 21.2 Å². The molecule has 25 heavy (non-hydrogen) atoms. The van der Waals surface area contributed by atoms with Gasteiger partial charge in [0, 0.05) is 23.3 Å². The van der Waals surface area contributed by atoms with Crippen LogP contribution in [0.3, 0.4) is 0 Å². The molecule has 0 radical (unpaired) electrons. The van der Waals surface area contributed by atoms with E-state index in [1.807, 2.05) is 18.2 Å². The van der Waals surface area contributed by atoms with Crippen molar-refractivity contribution < 1.29 is 0 Å². The van der Waals surface area contributed by atoms with Crippen molar-refractivity contribution in [2.45, 2.75) is 5.92 Å². The molecule has 1 aromatic rings. The first kappa shape index (κ1) is 17.8. The molecule has 1 N–H and O–H groups in total. The highest BCUT2D eigenvalue weighted by atomic mass is 35.5. The zero-order valence-electron chi connectivity index (χ0n) is 13.0. The minimum absolute atomic E-state index is 0.171. The minimum Gasteiger partial charge on any atom is -0.305 e. The Morgan fingerprint density at radius 2 is 1.92 bits per heavy atom. The Hall–Kier alpha value is -1.97. The van der Waals surface area contributed by atoms with Crippen molar-refractivity contribution in [3.8, 4) is 18.2 Å². The molecule has 3 atom stereocenters. The Labute approximate surface area is 160 Å². The van der Waals surface area contributed by atoms with Crippen LogP contribution in [0.4, 0.5) is 0 Å². The smallest absolute Gasteiger partial charge is 0.189 e. The van der Waals surface area contributed by atoms with Gasteiger partial charge in [0.15, 0.2) is 5.41 Å². The molecule has 4 nitrogen and oxygen atoms in total. The number of nitriles is 3. The molecule has 7 heteroatoms. The van der Waals surface area contributed by atoms with E-state index in [1.54, 1.807) is 30.0 Å². The summed E-state index contributed by atoms with van der Waals surface area (Å²) in [7, 11) is 0. The maximum Gasteiger partial charge on any atom is 0.189 e. The number of nitrogens with one attached hydrogen (secondary N) is 1. The zero-order chi connectivity index (χ0) is 18.2. The number of fused-ring (bicyclic) bond motifs is 1. The summed E-state index contributed by atoms with van der Waals surface area (Å²) in [6.45, 7) is 0. The molecule has 1 fully saturated rings. The van der Waals surface area contributed by atoms with E-state index in [2.05, 4.69) is 6.07 Å². The molecule has 1 aliphatic carbocycles. The topological polar surface area (TPSA) is 95.2 Å². The number of rotatable bonds is 1. The summed E-state index contributed by atoms with van der Waals surface area (Å²) in [6.07, 6.45) is 1.95. The highest BCUT2D eigenvalue weighted by molar-refractivity contribution is 7.99. The maximum atomic E-state index is 9.88. The van der Waals surface area contributed by atoms with Crippen LogP contribution in [0.5, 0.6) is 0 Å². The fourth-order valence-electron chi connectivity index (χ4n) is 3.72. The van der Waals surface area contributed by atoms with Gasteiger partial charge in [-0.1, -0.05) is 41.4 Å². The molecular formula is C18H12Cl2N4S. The molecule has 2 aliphatic rings. The second-order valence-electron chi connectivity index (χ2n) is 5.98. The van der Waals surface area contributed by atoms with Gasteiger partial charge in [-0.05, 0) is 17.2 Å². The number of hydrogen-bond donors (Lipinski definition) is 1. The third kappa shape index (κ3) is 2.54. The van der Waals surface area contributed by atoms with Gasteiger partial charge in [-0.2, -0.15) is 27.5 Å². The van der Waals surface area contributed by atoms with E-state index in [9.17, 15) is 15.8 Å². The lowest BCUT2D eigenvalue weighted by molar-refractivity contribution is 0.378. The molecule has 0 unspecified atom stereocenters. The normalized spacial score (nSPS) is 27.2. The van der Waals surface area contributed by atoms with E-state index < -0.39 is 17.3 Å². The van der Waals surface area contributed by atoms with Crippen LogP contribution in [0.25, 0.3) is 0 Å². The third-order valence-corrected chi connectivity index (χ3v) is 6.71. The molecule has 1 aliphatic heterocycles. The quantitative estimate of drug-likeness (QED) is 0.714.